The molecule has 9 heteroatoms. The number of carbonyl (C=O) groups excluding carboxylic acids is 1. The monoisotopic (exact) mass is 400 g/mol. The van der Waals surface area contributed by atoms with Gasteiger partial charge in [0.15, 0.2) is 6.04 Å². The number of nitrogens with zero attached hydrogens (tertiary/aromatic N) is 2. The zero-order valence-electron chi connectivity index (χ0n) is 15.5. The quantitative estimate of drug-likeness (QED) is 0.842. The van der Waals surface area contributed by atoms with E-state index in [9.17, 15) is 27.9 Å². The third kappa shape index (κ3) is 3.86. The lowest BCUT2D eigenvalue weighted by Gasteiger charge is -2.44. The summed E-state index contributed by atoms with van der Waals surface area (Å²) in [6, 6.07) is 2.67. The second kappa shape index (κ2) is 7.71. The van der Waals surface area contributed by atoms with Gasteiger partial charge in [0.2, 0.25) is 0 Å². The summed E-state index contributed by atoms with van der Waals surface area (Å²) >= 11 is 0. The van der Waals surface area contributed by atoms with E-state index >= 15 is 0 Å². The molecular weight excluding hydrogens is 377 g/mol. The molecule has 2 heterocycles. The smallest absolute Gasteiger partial charge is 0.416 e. The molecule has 0 bridgehead atoms. The van der Waals surface area contributed by atoms with Gasteiger partial charge in [0, 0.05) is 31.5 Å². The predicted molar refractivity (Wildman–Crippen MR) is 93.7 cm³/mol. The first-order valence-electron chi connectivity index (χ1n) is 9.28. The fourth-order valence-corrected chi connectivity index (χ4v) is 3.94. The van der Waals surface area contributed by atoms with Crippen molar-refractivity contribution in [3.63, 3.8) is 0 Å². The van der Waals surface area contributed by atoms with E-state index in [1.54, 1.807) is 0 Å². The summed E-state index contributed by atoms with van der Waals surface area (Å²) in [4.78, 5) is 28.2. The van der Waals surface area contributed by atoms with Crippen LogP contribution in [0.4, 0.5) is 13.2 Å². The molecule has 1 N–H and O–H groups in total. The molecule has 1 amide bonds. The molecule has 2 aliphatic rings. The second-order valence-corrected chi connectivity index (χ2v) is 7.20. The number of ether oxygens (including phenoxy) is 1. The van der Waals surface area contributed by atoms with Gasteiger partial charge in [-0.2, -0.15) is 13.2 Å². The van der Waals surface area contributed by atoms with Crippen molar-refractivity contribution in [2.75, 3.05) is 26.2 Å². The van der Waals surface area contributed by atoms with Crippen LogP contribution in [0.3, 0.4) is 0 Å². The van der Waals surface area contributed by atoms with Crippen LogP contribution in [0, 0.1) is 0 Å². The van der Waals surface area contributed by atoms with Crippen molar-refractivity contribution in [3.8, 4) is 0 Å². The number of benzene rings is 1. The second-order valence-electron chi connectivity index (χ2n) is 7.20. The average molecular weight is 400 g/mol. The highest BCUT2D eigenvalue weighted by atomic mass is 19.4. The van der Waals surface area contributed by atoms with Crippen LogP contribution in [0.2, 0.25) is 0 Å². The number of likely N-dealkylation sites (tertiary alicyclic amines) is 1. The first-order valence-corrected chi connectivity index (χ1v) is 9.28. The SMILES string of the molecule is CCCN1CCC2(CC1)OCC(C(=O)O)N2C(=O)c1ccc(C(F)(F)F)cc1. The standard InChI is InChI=1S/C19H23F3N2O4/c1-2-9-23-10-7-18(8-11-23)24(15(12-28-18)17(26)27)16(25)13-3-5-14(6-4-13)19(20,21)22/h3-6,15H,2,7-12H2,1H3,(H,26,27). The zero-order valence-corrected chi connectivity index (χ0v) is 15.5. The highest BCUT2D eigenvalue weighted by molar-refractivity contribution is 5.97. The molecule has 154 valence electrons. The van der Waals surface area contributed by atoms with Gasteiger partial charge in [-0.05, 0) is 37.2 Å². The number of piperidine rings is 1. The average Bonchev–Trinajstić information content (AvgIpc) is 3.02. The van der Waals surface area contributed by atoms with Crippen LogP contribution >= 0.6 is 0 Å². The normalized spacial score (nSPS) is 22.6. The minimum atomic E-state index is -4.50. The van der Waals surface area contributed by atoms with E-state index in [1.807, 2.05) is 0 Å². The Bertz CT molecular complexity index is 728. The number of hydrogen-bond acceptors (Lipinski definition) is 4. The maximum absolute atomic E-state index is 13.1. The van der Waals surface area contributed by atoms with Crippen molar-refractivity contribution in [1.29, 1.82) is 0 Å². The molecule has 1 aromatic carbocycles. The van der Waals surface area contributed by atoms with Crippen molar-refractivity contribution in [1.82, 2.24) is 9.80 Å². The molecule has 1 atom stereocenters. The first-order chi connectivity index (χ1) is 13.2. The largest absolute Gasteiger partial charge is 0.480 e. The van der Waals surface area contributed by atoms with E-state index in [0.717, 1.165) is 37.2 Å². The zero-order chi connectivity index (χ0) is 20.5. The molecule has 2 saturated heterocycles. The van der Waals surface area contributed by atoms with E-state index in [-0.39, 0.29) is 12.2 Å². The van der Waals surface area contributed by atoms with Gasteiger partial charge >= 0.3 is 12.1 Å². The van der Waals surface area contributed by atoms with Crippen LogP contribution in [0.1, 0.15) is 42.1 Å². The third-order valence-electron chi connectivity index (χ3n) is 5.40. The Morgan fingerprint density at radius 1 is 1.21 bits per heavy atom. The molecule has 28 heavy (non-hydrogen) atoms. The lowest BCUT2D eigenvalue weighted by atomic mass is 9.96. The number of carbonyl (C=O) groups is 2. The maximum atomic E-state index is 13.1. The third-order valence-corrected chi connectivity index (χ3v) is 5.40. The van der Waals surface area contributed by atoms with Gasteiger partial charge in [-0.3, -0.25) is 9.69 Å². The molecule has 3 rings (SSSR count). The van der Waals surface area contributed by atoms with Crippen molar-refractivity contribution in [3.05, 3.63) is 35.4 Å². The van der Waals surface area contributed by atoms with Crippen molar-refractivity contribution in [2.45, 2.75) is 44.1 Å². The van der Waals surface area contributed by atoms with Gasteiger partial charge in [-0.15, -0.1) is 0 Å². The summed E-state index contributed by atoms with van der Waals surface area (Å²) < 4.78 is 44.2. The Hall–Kier alpha value is -2.13. The van der Waals surface area contributed by atoms with E-state index < -0.39 is 35.4 Å². The molecule has 1 aromatic rings. The van der Waals surface area contributed by atoms with E-state index in [1.165, 1.54) is 4.90 Å². The number of rotatable bonds is 4. The molecule has 1 unspecified atom stereocenters. The van der Waals surface area contributed by atoms with Gasteiger partial charge in [0.05, 0.1) is 12.2 Å². The molecule has 2 aliphatic heterocycles. The van der Waals surface area contributed by atoms with Crippen LogP contribution in [0.25, 0.3) is 0 Å². The number of hydrogen-bond donors (Lipinski definition) is 1. The summed E-state index contributed by atoms with van der Waals surface area (Å²) in [6.07, 6.45) is -2.60. The Balaban J connectivity index is 1.86. The van der Waals surface area contributed by atoms with Crippen molar-refractivity contribution >= 4 is 11.9 Å². The molecule has 0 saturated carbocycles. The Labute approximate surface area is 160 Å². The summed E-state index contributed by atoms with van der Waals surface area (Å²) in [5.74, 6) is -1.81. The molecule has 2 fully saturated rings. The van der Waals surface area contributed by atoms with E-state index in [2.05, 4.69) is 11.8 Å². The lowest BCUT2D eigenvalue weighted by Crippen LogP contribution is -2.58. The summed E-state index contributed by atoms with van der Waals surface area (Å²) in [6.45, 7) is 4.17. The van der Waals surface area contributed by atoms with Gasteiger partial charge < -0.3 is 14.7 Å². The number of aliphatic carboxylic acids is 1. The number of halogens is 3. The summed E-state index contributed by atoms with van der Waals surface area (Å²) in [5.41, 5.74) is -1.88. The predicted octanol–water partition coefficient (Wildman–Crippen LogP) is 2.83. The topological polar surface area (TPSA) is 70.1 Å². The number of amides is 1. The van der Waals surface area contributed by atoms with Crippen LogP contribution in [-0.2, 0) is 15.7 Å². The highest BCUT2D eigenvalue weighted by Gasteiger charge is 2.54. The Kier molecular flexibility index (Phi) is 5.67. The molecular formula is C19H23F3N2O4. The minimum absolute atomic E-state index is 0.0140. The van der Waals surface area contributed by atoms with Gasteiger partial charge in [0.1, 0.15) is 5.72 Å². The van der Waals surface area contributed by atoms with Crippen LogP contribution in [0.5, 0.6) is 0 Å². The van der Waals surface area contributed by atoms with Crippen LogP contribution < -0.4 is 0 Å². The van der Waals surface area contributed by atoms with Crippen LogP contribution in [0.15, 0.2) is 24.3 Å². The van der Waals surface area contributed by atoms with Gasteiger partial charge in [-0.25, -0.2) is 4.79 Å². The highest BCUT2D eigenvalue weighted by Crippen LogP contribution is 2.39. The maximum Gasteiger partial charge on any atom is 0.416 e. The van der Waals surface area contributed by atoms with Crippen LogP contribution in [-0.4, -0.2) is 64.8 Å². The fourth-order valence-electron chi connectivity index (χ4n) is 3.94. The summed E-state index contributed by atoms with van der Waals surface area (Å²) in [7, 11) is 0. The lowest BCUT2D eigenvalue weighted by molar-refractivity contribution is -0.143. The molecule has 0 aliphatic carbocycles. The Morgan fingerprint density at radius 3 is 2.32 bits per heavy atom. The molecule has 1 spiro atoms. The van der Waals surface area contributed by atoms with Crippen molar-refractivity contribution < 1.29 is 32.6 Å². The minimum Gasteiger partial charge on any atom is -0.480 e. The van der Waals surface area contributed by atoms with Gasteiger partial charge in [0.25, 0.3) is 5.91 Å². The van der Waals surface area contributed by atoms with E-state index in [4.69, 9.17) is 4.74 Å². The van der Waals surface area contributed by atoms with Gasteiger partial charge in [-0.1, -0.05) is 6.92 Å². The number of carboxylic acids is 1. The fraction of sp³-hybridized carbons (Fsp3) is 0.579. The molecule has 0 radical (unpaired) electrons. The number of alkyl halides is 3. The van der Waals surface area contributed by atoms with Crippen molar-refractivity contribution in [2.24, 2.45) is 0 Å². The molecule has 6 nitrogen and oxygen atoms in total. The first kappa shape index (κ1) is 20.6. The molecule has 0 aromatic heterocycles. The van der Waals surface area contributed by atoms with E-state index in [0.29, 0.717) is 25.9 Å². The summed E-state index contributed by atoms with van der Waals surface area (Å²) in [5, 5.41) is 9.55. The number of carboxylic acid groups (broad SMARTS) is 1. The Morgan fingerprint density at radius 2 is 1.82 bits per heavy atom.